The molecule has 0 unspecified atom stereocenters. The fourth-order valence-electron chi connectivity index (χ4n) is 2.07. The van der Waals surface area contributed by atoms with Crippen LogP contribution in [0.1, 0.15) is 26.7 Å². The van der Waals surface area contributed by atoms with Crippen molar-refractivity contribution in [2.75, 3.05) is 0 Å². The molecule has 0 aromatic rings. The Labute approximate surface area is 107 Å². The summed E-state index contributed by atoms with van der Waals surface area (Å²) in [7, 11) is 0. The Morgan fingerprint density at radius 1 is 1.38 bits per heavy atom. The van der Waals surface area contributed by atoms with Crippen LogP contribution in [0.5, 0.6) is 0 Å². The van der Waals surface area contributed by atoms with Gasteiger partial charge in [-0.1, -0.05) is 11.6 Å². The van der Waals surface area contributed by atoms with Gasteiger partial charge < -0.3 is 4.74 Å². The molecule has 2 aliphatic rings. The number of halogens is 2. The molecule has 0 aromatic carbocycles. The molecule has 86 valence electrons. The van der Waals surface area contributed by atoms with Crippen molar-refractivity contribution in [3.63, 3.8) is 0 Å². The highest BCUT2D eigenvalue weighted by Crippen LogP contribution is 2.45. The summed E-state index contributed by atoms with van der Waals surface area (Å²) in [6, 6.07) is 0. The number of Topliss-reactive ketones (excluding diaryl/α,β-unsaturated/α-hetero) is 1. The van der Waals surface area contributed by atoms with Crippen molar-refractivity contribution >= 4 is 39.3 Å². The topological polar surface area (TPSA) is 43.4 Å². The average molecular weight is 306 g/mol. The Morgan fingerprint density at radius 2 is 2.00 bits per heavy atom. The van der Waals surface area contributed by atoms with Crippen LogP contribution in [0.15, 0.2) is 20.7 Å². The van der Waals surface area contributed by atoms with E-state index in [-0.39, 0.29) is 18.2 Å². The zero-order valence-corrected chi connectivity index (χ0v) is 11.2. The minimum absolute atomic E-state index is 0.210. The van der Waals surface area contributed by atoms with Gasteiger partial charge in [-0.05, 0) is 40.9 Å². The van der Waals surface area contributed by atoms with E-state index in [0.29, 0.717) is 27.1 Å². The van der Waals surface area contributed by atoms with Crippen LogP contribution in [0.3, 0.4) is 0 Å². The monoisotopic (exact) mass is 304 g/mol. The van der Waals surface area contributed by atoms with Crippen LogP contribution < -0.4 is 0 Å². The molecule has 0 N–H and O–H groups in total. The van der Waals surface area contributed by atoms with Gasteiger partial charge in [-0.15, -0.1) is 0 Å². The van der Waals surface area contributed by atoms with Gasteiger partial charge in [0, 0.05) is 11.5 Å². The first-order chi connectivity index (χ1) is 7.40. The molecule has 0 aromatic heterocycles. The fourth-order valence-corrected chi connectivity index (χ4v) is 2.95. The lowest BCUT2D eigenvalue weighted by Crippen LogP contribution is -2.42. The highest BCUT2D eigenvalue weighted by atomic mass is 79.9. The number of hydrogen-bond acceptors (Lipinski definition) is 3. The van der Waals surface area contributed by atoms with Crippen molar-refractivity contribution in [3.8, 4) is 0 Å². The Morgan fingerprint density at radius 3 is 2.50 bits per heavy atom. The number of carbonyl (C=O) groups is 2. The summed E-state index contributed by atoms with van der Waals surface area (Å²) in [5, 5.41) is 0.501. The van der Waals surface area contributed by atoms with E-state index in [9.17, 15) is 9.59 Å². The highest BCUT2D eigenvalue weighted by Gasteiger charge is 2.52. The van der Waals surface area contributed by atoms with Crippen LogP contribution >= 0.6 is 27.5 Å². The Bertz CT molecular complexity index is 464. The predicted molar refractivity (Wildman–Crippen MR) is 63.2 cm³/mol. The molecule has 1 spiro atoms. The zero-order chi connectivity index (χ0) is 12.1. The van der Waals surface area contributed by atoms with Gasteiger partial charge in [-0.2, -0.15) is 0 Å². The Kier molecular flexibility index (Phi) is 2.75. The molecule has 0 radical (unpaired) electrons. The first-order valence-electron chi connectivity index (χ1n) is 4.90. The smallest absolute Gasteiger partial charge is 0.307 e. The predicted octanol–water partition coefficient (Wildman–Crippen LogP) is 2.83. The number of hydrogen-bond donors (Lipinski definition) is 0. The molecule has 1 aliphatic carbocycles. The first kappa shape index (κ1) is 11.9. The van der Waals surface area contributed by atoms with Crippen molar-refractivity contribution in [1.82, 2.24) is 0 Å². The largest absolute Gasteiger partial charge is 0.446 e. The standard InChI is InChI=1S/C11H10BrClO3/c1-5-8(12)10(15)11(6(2)9(5)13)4-3-7(14)16-11/h3-4H2,1-2H3/t11-/m0/s1. The second-order valence-corrected chi connectivity index (χ2v) is 5.18. The van der Waals surface area contributed by atoms with Crippen molar-refractivity contribution in [2.45, 2.75) is 32.3 Å². The maximum Gasteiger partial charge on any atom is 0.307 e. The summed E-state index contributed by atoms with van der Waals surface area (Å²) in [6.07, 6.45) is 0.627. The van der Waals surface area contributed by atoms with E-state index >= 15 is 0 Å². The summed E-state index contributed by atoms with van der Waals surface area (Å²) in [4.78, 5) is 23.4. The Balaban J connectivity index is 2.59. The second-order valence-electron chi connectivity index (χ2n) is 4.01. The first-order valence-corrected chi connectivity index (χ1v) is 6.07. The average Bonchev–Trinajstić information content (AvgIpc) is 2.66. The number of esters is 1. The summed E-state index contributed by atoms with van der Waals surface area (Å²) in [5.41, 5.74) is 0.162. The van der Waals surface area contributed by atoms with Crippen LogP contribution in [-0.2, 0) is 14.3 Å². The third-order valence-electron chi connectivity index (χ3n) is 3.13. The van der Waals surface area contributed by atoms with Gasteiger partial charge in [0.1, 0.15) is 0 Å². The molecule has 0 bridgehead atoms. The van der Waals surface area contributed by atoms with Gasteiger partial charge in [0.05, 0.1) is 10.9 Å². The van der Waals surface area contributed by atoms with Crippen LogP contribution in [0.2, 0.25) is 0 Å². The second kappa shape index (κ2) is 3.70. The van der Waals surface area contributed by atoms with E-state index < -0.39 is 5.60 Å². The van der Waals surface area contributed by atoms with Crippen LogP contribution in [0, 0.1) is 0 Å². The zero-order valence-electron chi connectivity index (χ0n) is 8.89. The molecule has 16 heavy (non-hydrogen) atoms. The third-order valence-corrected chi connectivity index (χ3v) is 4.65. The van der Waals surface area contributed by atoms with E-state index in [4.69, 9.17) is 16.3 Å². The molecule has 5 heteroatoms. The molecule has 3 nitrogen and oxygen atoms in total. The normalized spacial score (nSPS) is 30.5. The van der Waals surface area contributed by atoms with Crippen LogP contribution in [0.25, 0.3) is 0 Å². The van der Waals surface area contributed by atoms with E-state index in [1.165, 1.54) is 0 Å². The Hall–Kier alpha value is -0.610. The summed E-state index contributed by atoms with van der Waals surface area (Å²) in [5.74, 6) is -0.560. The summed E-state index contributed by atoms with van der Waals surface area (Å²) in [6.45, 7) is 3.50. The van der Waals surface area contributed by atoms with Crippen molar-refractivity contribution in [1.29, 1.82) is 0 Å². The number of rotatable bonds is 0. The molecule has 1 heterocycles. The van der Waals surface area contributed by atoms with Gasteiger partial charge in [0.15, 0.2) is 5.60 Å². The number of allylic oxidation sites excluding steroid dienone is 2. The number of ether oxygens (including phenoxy) is 1. The molecule has 1 atom stereocenters. The van der Waals surface area contributed by atoms with Crippen LogP contribution in [0.4, 0.5) is 0 Å². The lowest BCUT2D eigenvalue weighted by molar-refractivity contribution is -0.152. The molecular formula is C11H10BrClO3. The minimum atomic E-state index is -1.16. The highest BCUT2D eigenvalue weighted by molar-refractivity contribution is 9.12. The lowest BCUT2D eigenvalue weighted by atomic mass is 9.82. The van der Waals surface area contributed by atoms with Gasteiger partial charge in [0.2, 0.25) is 5.78 Å². The fraction of sp³-hybridized carbons (Fsp3) is 0.455. The minimum Gasteiger partial charge on any atom is -0.446 e. The molecule has 2 rings (SSSR count). The summed E-state index contributed by atoms with van der Waals surface area (Å²) >= 11 is 9.36. The van der Waals surface area contributed by atoms with Gasteiger partial charge in [-0.3, -0.25) is 9.59 Å². The molecule has 1 aliphatic heterocycles. The molecule has 0 saturated carbocycles. The van der Waals surface area contributed by atoms with Crippen molar-refractivity contribution in [3.05, 3.63) is 20.7 Å². The molecule has 0 amide bonds. The van der Waals surface area contributed by atoms with E-state index in [1.54, 1.807) is 13.8 Å². The SMILES string of the molecule is CC1=C(Br)C(=O)[C@]2(CCC(=O)O2)C(C)=C1Cl. The quantitative estimate of drug-likeness (QED) is 0.646. The van der Waals surface area contributed by atoms with Crippen LogP contribution in [-0.4, -0.2) is 17.4 Å². The van der Waals surface area contributed by atoms with Gasteiger partial charge in [-0.25, -0.2) is 0 Å². The number of carbonyl (C=O) groups excluding carboxylic acids is 2. The lowest BCUT2D eigenvalue weighted by Gasteiger charge is -2.32. The van der Waals surface area contributed by atoms with E-state index in [2.05, 4.69) is 15.9 Å². The van der Waals surface area contributed by atoms with E-state index in [1.807, 2.05) is 0 Å². The molecule has 1 fully saturated rings. The third kappa shape index (κ3) is 1.39. The molecule has 1 saturated heterocycles. The van der Waals surface area contributed by atoms with Crippen molar-refractivity contribution < 1.29 is 14.3 Å². The van der Waals surface area contributed by atoms with Gasteiger partial charge in [0.25, 0.3) is 0 Å². The molecular weight excluding hydrogens is 295 g/mol. The van der Waals surface area contributed by atoms with E-state index in [0.717, 1.165) is 0 Å². The van der Waals surface area contributed by atoms with Gasteiger partial charge >= 0.3 is 5.97 Å². The van der Waals surface area contributed by atoms with Crippen molar-refractivity contribution in [2.24, 2.45) is 0 Å². The maximum atomic E-state index is 12.2. The number of ketones is 1. The summed E-state index contributed by atoms with van der Waals surface area (Å²) < 4.78 is 5.61. The maximum absolute atomic E-state index is 12.2.